The van der Waals surface area contributed by atoms with Gasteiger partial charge in [0.2, 0.25) is 11.8 Å². The fourth-order valence-corrected chi connectivity index (χ4v) is 3.36. The van der Waals surface area contributed by atoms with E-state index in [1.54, 1.807) is 0 Å². The predicted octanol–water partition coefficient (Wildman–Crippen LogP) is 1.27. The van der Waals surface area contributed by atoms with E-state index in [1.165, 1.54) is 0 Å². The lowest BCUT2D eigenvalue weighted by atomic mass is 9.98. The second-order valence-electron chi connectivity index (χ2n) is 6.90. The molecule has 0 bridgehead atoms. The van der Waals surface area contributed by atoms with Gasteiger partial charge in [-0.05, 0) is 31.6 Å². The molecule has 0 spiro atoms. The van der Waals surface area contributed by atoms with Crippen LogP contribution in [0, 0.1) is 11.8 Å². The van der Waals surface area contributed by atoms with Gasteiger partial charge < -0.3 is 16.0 Å². The van der Waals surface area contributed by atoms with Crippen LogP contribution in [0.25, 0.3) is 0 Å². The van der Waals surface area contributed by atoms with E-state index in [0.29, 0.717) is 18.9 Å². The van der Waals surface area contributed by atoms with Crippen LogP contribution in [0.15, 0.2) is 0 Å². The number of nitrogens with one attached hydrogen (secondary N) is 1. The van der Waals surface area contributed by atoms with Gasteiger partial charge in [-0.25, -0.2) is 0 Å². The zero-order valence-electron chi connectivity index (χ0n) is 13.3. The number of hydrogen-bond donors (Lipinski definition) is 2. The van der Waals surface area contributed by atoms with E-state index in [1.807, 2.05) is 18.7 Å². The number of hydrogen-bond acceptors (Lipinski definition) is 3. The number of carbonyl (C=O) groups is 2. The van der Waals surface area contributed by atoms with E-state index >= 15 is 0 Å². The molecule has 1 unspecified atom stereocenters. The molecule has 0 aromatic heterocycles. The van der Waals surface area contributed by atoms with Gasteiger partial charge in [0.1, 0.15) is 0 Å². The van der Waals surface area contributed by atoms with Crippen molar-refractivity contribution in [3.8, 4) is 0 Å². The van der Waals surface area contributed by atoms with Crippen LogP contribution in [-0.4, -0.2) is 41.9 Å². The standard InChI is InChI=1S/C16H29N3O2/c1-11(2)16(21)18-13-6-4-8-19(10-13)15(20)9-12-5-3-7-14(12)17/h11-14H,3-10,17H2,1-2H3,(H,18,21)/t12-,13?,14+/m0/s1. The van der Waals surface area contributed by atoms with Crippen LogP contribution in [0.4, 0.5) is 0 Å². The second-order valence-corrected chi connectivity index (χ2v) is 6.90. The molecule has 0 radical (unpaired) electrons. The van der Waals surface area contributed by atoms with Crippen molar-refractivity contribution in [2.45, 2.75) is 64.5 Å². The topological polar surface area (TPSA) is 75.4 Å². The maximum absolute atomic E-state index is 12.4. The molecule has 1 saturated carbocycles. The number of amides is 2. The highest BCUT2D eigenvalue weighted by atomic mass is 16.2. The number of carbonyl (C=O) groups excluding carboxylic acids is 2. The summed E-state index contributed by atoms with van der Waals surface area (Å²) in [5.41, 5.74) is 6.06. The molecule has 3 N–H and O–H groups in total. The maximum Gasteiger partial charge on any atom is 0.222 e. The molecule has 0 aromatic carbocycles. The van der Waals surface area contributed by atoms with Crippen LogP contribution < -0.4 is 11.1 Å². The molecule has 2 amide bonds. The normalized spacial score (nSPS) is 29.7. The Morgan fingerprint density at radius 3 is 2.62 bits per heavy atom. The fourth-order valence-electron chi connectivity index (χ4n) is 3.36. The Hall–Kier alpha value is -1.10. The Morgan fingerprint density at radius 1 is 1.24 bits per heavy atom. The molecule has 1 heterocycles. The summed E-state index contributed by atoms with van der Waals surface area (Å²) in [6.07, 6.45) is 5.77. The predicted molar refractivity (Wildman–Crippen MR) is 82.5 cm³/mol. The minimum Gasteiger partial charge on any atom is -0.351 e. The third-order valence-electron chi connectivity index (χ3n) is 4.80. The van der Waals surface area contributed by atoms with Crippen LogP contribution in [-0.2, 0) is 9.59 Å². The van der Waals surface area contributed by atoms with Crippen LogP contribution in [0.3, 0.4) is 0 Å². The fraction of sp³-hybridized carbons (Fsp3) is 0.875. The highest BCUT2D eigenvalue weighted by molar-refractivity contribution is 5.79. The average molecular weight is 295 g/mol. The van der Waals surface area contributed by atoms with Crippen molar-refractivity contribution >= 4 is 11.8 Å². The molecule has 0 aromatic rings. The molecule has 5 heteroatoms. The number of likely N-dealkylation sites (tertiary alicyclic amines) is 1. The molecule has 1 saturated heterocycles. The summed E-state index contributed by atoms with van der Waals surface area (Å²) in [5.74, 6) is 0.628. The smallest absolute Gasteiger partial charge is 0.222 e. The third kappa shape index (κ3) is 4.43. The molecule has 2 rings (SSSR count). The van der Waals surface area contributed by atoms with Crippen molar-refractivity contribution < 1.29 is 9.59 Å². The van der Waals surface area contributed by atoms with Gasteiger partial charge in [-0.2, -0.15) is 0 Å². The molecule has 2 fully saturated rings. The molecule has 120 valence electrons. The van der Waals surface area contributed by atoms with Gasteiger partial charge in [0, 0.05) is 37.5 Å². The zero-order chi connectivity index (χ0) is 15.4. The van der Waals surface area contributed by atoms with Crippen LogP contribution >= 0.6 is 0 Å². The molecule has 1 aliphatic carbocycles. The van der Waals surface area contributed by atoms with Crippen molar-refractivity contribution in [3.05, 3.63) is 0 Å². The maximum atomic E-state index is 12.4. The van der Waals surface area contributed by atoms with E-state index in [9.17, 15) is 9.59 Å². The highest BCUT2D eigenvalue weighted by Crippen LogP contribution is 2.27. The molecule has 3 atom stereocenters. The first kappa shape index (κ1) is 16.3. The van der Waals surface area contributed by atoms with Gasteiger partial charge in [-0.3, -0.25) is 9.59 Å². The first-order valence-electron chi connectivity index (χ1n) is 8.31. The Balaban J connectivity index is 1.82. The van der Waals surface area contributed by atoms with Gasteiger partial charge in [-0.15, -0.1) is 0 Å². The Kier molecular flexibility index (Phi) is 5.62. The summed E-state index contributed by atoms with van der Waals surface area (Å²) in [6.45, 7) is 5.25. The van der Waals surface area contributed by atoms with Gasteiger partial charge in [-0.1, -0.05) is 20.3 Å². The average Bonchev–Trinajstić information content (AvgIpc) is 2.84. The monoisotopic (exact) mass is 295 g/mol. The minimum absolute atomic E-state index is 0.00688. The van der Waals surface area contributed by atoms with Crippen molar-refractivity contribution in [2.75, 3.05) is 13.1 Å². The SMILES string of the molecule is CC(C)C(=O)NC1CCCN(C(=O)C[C@@H]2CCC[C@H]2N)C1. The molecule has 2 aliphatic rings. The molecule has 5 nitrogen and oxygen atoms in total. The molecular weight excluding hydrogens is 266 g/mol. The Labute approximate surface area is 127 Å². The van der Waals surface area contributed by atoms with Gasteiger partial charge in [0.15, 0.2) is 0 Å². The van der Waals surface area contributed by atoms with E-state index < -0.39 is 0 Å². The lowest BCUT2D eigenvalue weighted by Crippen LogP contribution is -2.50. The Morgan fingerprint density at radius 2 is 2.00 bits per heavy atom. The van der Waals surface area contributed by atoms with Crippen molar-refractivity contribution in [1.82, 2.24) is 10.2 Å². The van der Waals surface area contributed by atoms with Gasteiger partial charge in [0.05, 0.1) is 0 Å². The summed E-state index contributed by atoms with van der Waals surface area (Å²) in [4.78, 5) is 26.1. The van der Waals surface area contributed by atoms with Crippen LogP contribution in [0.1, 0.15) is 52.4 Å². The molecular formula is C16H29N3O2. The van der Waals surface area contributed by atoms with E-state index in [2.05, 4.69) is 5.32 Å². The summed E-state index contributed by atoms with van der Waals surface area (Å²) < 4.78 is 0. The van der Waals surface area contributed by atoms with Crippen molar-refractivity contribution in [2.24, 2.45) is 17.6 Å². The zero-order valence-corrected chi connectivity index (χ0v) is 13.3. The third-order valence-corrected chi connectivity index (χ3v) is 4.80. The van der Waals surface area contributed by atoms with E-state index in [0.717, 1.165) is 38.6 Å². The van der Waals surface area contributed by atoms with E-state index in [-0.39, 0.29) is 29.8 Å². The number of rotatable bonds is 4. The summed E-state index contributed by atoms with van der Waals surface area (Å²) in [7, 11) is 0. The van der Waals surface area contributed by atoms with E-state index in [4.69, 9.17) is 5.73 Å². The number of piperidine rings is 1. The number of nitrogens with two attached hydrogens (primary N) is 1. The molecule has 1 aliphatic heterocycles. The highest BCUT2D eigenvalue weighted by Gasteiger charge is 2.30. The summed E-state index contributed by atoms with van der Waals surface area (Å²) >= 11 is 0. The lowest BCUT2D eigenvalue weighted by molar-refractivity contribution is -0.135. The van der Waals surface area contributed by atoms with Gasteiger partial charge >= 0.3 is 0 Å². The lowest BCUT2D eigenvalue weighted by Gasteiger charge is -2.34. The first-order chi connectivity index (χ1) is 9.97. The van der Waals surface area contributed by atoms with Gasteiger partial charge in [0.25, 0.3) is 0 Å². The second kappa shape index (κ2) is 7.25. The van der Waals surface area contributed by atoms with Crippen molar-refractivity contribution in [3.63, 3.8) is 0 Å². The summed E-state index contributed by atoms with van der Waals surface area (Å²) in [6, 6.07) is 0.296. The van der Waals surface area contributed by atoms with Crippen LogP contribution in [0.5, 0.6) is 0 Å². The largest absolute Gasteiger partial charge is 0.351 e. The number of nitrogens with zero attached hydrogens (tertiary/aromatic N) is 1. The Bertz CT molecular complexity index is 384. The van der Waals surface area contributed by atoms with Crippen molar-refractivity contribution in [1.29, 1.82) is 0 Å². The first-order valence-corrected chi connectivity index (χ1v) is 8.31. The summed E-state index contributed by atoms with van der Waals surface area (Å²) in [5, 5.41) is 3.05. The molecule has 21 heavy (non-hydrogen) atoms. The van der Waals surface area contributed by atoms with Crippen LogP contribution in [0.2, 0.25) is 0 Å². The minimum atomic E-state index is -0.00688. The quantitative estimate of drug-likeness (QED) is 0.820.